The van der Waals surface area contributed by atoms with Gasteiger partial charge in [0.15, 0.2) is 14.4 Å². The van der Waals surface area contributed by atoms with Gasteiger partial charge >= 0.3 is 5.97 Å². The van der Waals surface area contributed by atoms with Crippen LogP contribution in [0.3, 0.4) is 0 Å². The van der Waals surface area contributed by atoms with Crippen LogP contribution in [0.15, 0.2) is 77.8 Å². The summed E-state index contributed by atoms with van der Waals surface area (Å²) in [5.74, 6) is -0.313. The quantitative estimate of drug-likeness (QED) is 0.181. The second kappa shape index (κ2) is 11.9. The van der Waals surface area contributed by atoms with E-state index in [2.05, 4.69) is 33.9 Å². The van der Waals surface area contributed by atoms with Crippen LogP contribution in [0.25, 0.3) is 0 Å². The Morgan fingerprint density at radius 3 is 1.97 bits per heavy atom. The first-order valence-corrected chi connectivity index (χ1v) is 14.2. The van der Waals surface area contributed by atoms with Gasteiger partial charge in [-0.15, -0.1) is 0 Å². The molecule has 0 fully saturated rings. The van der Waals surface area contributed by atoms with Crippen molar-refractivity contribution in [3.63, 3.8) is 0 Å². The molecule has 0 spiro atoms. The predicted octanol–water partition coefficient (Wildman–Crippen LogP) is 6.42. The number of hydrogen-bond donors (Lipinski definition) is 0. The lowest BCUT2D eigenvalue weighted by molar-refractivity contribution is -0.144. The summed E-state index contributed by atoms with van der Waals surface area (Å²) in [5.41, 5.74) is 2.73. The van der Waals surface area contributed by atoms with E-state index in [-0.39, 0.29) is 11.0 Å². The third-order valence-electron chi connectivity index (χ3n) is 5.81. The lowest BCUT2D eigenvalue weighted by atomic mass is 10.0. The van der Waals surface area contributed by atoms with Gasteiger partial charge in [-0.2, -0.15) is 0 Å². The summed E-state index contributed by atoms with van der Waals surface area (Å²) in [4.78, 5) is 17.6. The van der Waals surface area contributed by atoms with Gasteiger partial charge < -0.3 is 9.16 Å². The van der Waals surface area contributed by atoms with Crippen LogP contribution in [-0.2, 0) is 14.0 Å². The van der Waals surface area contributed by atoms with Crippen molar-refractivity contribution in [3.8, 4) is 0 Å². The van der Waals surface area contributed by atoms with E-state index in [4.69, 9.17) is 14.2 Å². The molecular weight excluding hydrogens is 414 g/mol. The summed E-state index contributed by atoms with van der Waals surface area (Å²) < 4.78 is 11.5. The Morgan fingerprint density at radius 2 is 1.50 bits per heavy atom. The Hall–Kier alpha value is -2.50. The highest BCUT2D eigenvalue weighted by Gasteiger charge is 2.36. The Labute approximate surface area is 194 Å². The highest BCUT2D eigenvalue weighted by molar-refractivity contribution is 6.74. The van der Waals surface area contributed by atoms with Crippen LogP contribution in [0.5, 0.6) is 0 Å². The van der Waals surface area contributed by atoms with Gasteiger partial charge in [-0.3, -0.25) is 4.99 Å². The Bertz CT molecular complexity index is 858. The van der Waals surface area contributed by atoms with Gasteiger partial charge in [-0.25, -0.2) is 4.79 Å². The third kappa shape index (κ3) is 7.57. The van der Waals surface area contributed by atoms with Crippen LogP contribution in [0.4, 0.5) is 0 Å². The van der Waals surface area contributed by atoms with Crippen molar-refractivity contribution in [1.29, 1.82) is 0 Å². The number of ether oxygens (including phenoxy) is 1. The van der Waals surface area contributed by atoms with Crippen molar-refractivity contribution < 1.29 is 14.0 Å². The average Bonchev–Trinajstić information content (AvgIpc) is 2.76. The predicted molar refractivity (Wildman–Crippen MR) is 136 cm³/mol. The van der Waals surface area contributed by atoms with Gasteiger partial charge in [0, 0.05) is 11.1 Å². The van der Waals surface area contributed by atoms with Crippen LogP contribution in [0.1, 0.15) is 45.2 Å². The summed E-state index contributed by atoms with van der Waals surface area (Å²) >= 11 is 0. The minimum Gasteiger partial charge on any atom is -0.464 e. The molecule has 172 valence electrons. The topological polar surface area (TPSA) is 47.9 Å². The molecule has 0 heterocycles. The molecule has 0 saturated carbocycles. The van der Waals surface area contributed by atoms with E-state index >= 15 is 0 Å². The summed E-state index contributed by atoms with van der Waals surface area (Å²) in [6, 6.07) is 19.3. The van der Waals surface area contributed by atoms with Gasteiger partial charge in [0.25, 0.3) is 0 Å². The summed E-state index contributed by atoms with van der Waals surface area (Å²) in [6.07, 6.45) is 4.43. The van der Waals surface area contributed by atoms with Crippen molar-refractivity contribution in [2.45, 2.75) is 58.3 Å². The zero-order valence-corrected chi connectivity index (χ0v) is 21.3. The fourth-order valence-corrected chi connectivity index (χ4v) is 3.82. The Kier molecular flexibility index (Phi) is 9.60. The summed E-state index contributed by atoms with van der Waals surface area (Å²) in [6.45, 7) is 13.8. The molecule has 5 heteroatoms. The maximum absolute atomic E-state index is 12.7. The highest BCUT2D eigenvalue weighted by Crippen LogP contribution is 2.36. The number of aliphatic imine (C=N–C) groups is 1. The number of nitrogens with zero attached hydrogens (tertiary/aromatic N) is 1. The summed E-state index contributed by atoms with van der Waals surface area (Å²) in [5, 5.41) is 0.166. The molecule has 0 aromatic heterocycles. The van der Waals surface area contributed by atoms with Gasteiger partial charge in [0.1, 0.15) is 0 Å². The molecule has 4 nitrogen and oxygen atoms in total. The highest BCUT2D eigenvalue weighted by atomic mass is 28.4. The standard InChI is InChI=1S/C27H37NO3Si/c1-7-30-26(29)24(20-14-15-21-31-32(5,6)27(2,3)4)28-25(22-16-10-8-11-17-22)23-18-12-9-13-19-23/h8-19,24H,7,20-21H2,1-6H3/b15-14-. The van der Waals surface area contributed by atoms with E-state index in [0.29, 0.717) is 19.6 Å². The molecule has 2 rings (SSSR count). The molecule has 0 N–H and O–H groups in total. The molecule has 0 saturated heterocycles. The van der Waals surface area contributed by atoms with Crippen molar-refractivity contribution in [2.75, 3.05) is 13.2 Å². The number of carbonyl (C=O) groups is 1. The first kappa shape index (κ1) is 25.8. The van der Waals surface area contributed by atoms with Gasteiger partial charge in [0.2, 0.25) is 0 Å². The van der Waals surface area contributed by atoms with E-state index < -0.39 is 14.4 Å². The molecule has 32 heavy (non-hydrogen) atoms. The van der Waals surface area contributed by atoms with E-state index in [9.17, 15) is 4.79 Å². The zero-order chi connectivity index (χ0) is 23.6. The lowest BCUT2D eigenvalue weighted by Crippen LogP contribution is -2.40. The SMILES string of the molecule is CCOC(=O)C(C/C=C\CO[Si](C)(C)C(C)(C)C)N=C(c1ccccc1)c1ccccc1. The first-order valence-electron chi connectivity index (χ1n) is 11.3. The maximum Gasteiger partial charge on any atom is 0.331 e. The molecule has 1 atom stereocenters. The van der Waals surface area contributed by atoms with Crippen molar-refractivity contribution >= 4 is 20.0 Å². The van der Waals surface area contributed by atoms with Crippen molar-refractivity contribution in [2.24, 2.45) is 4.99 Å². The smallest absolute Gasteiger partial charge is 0.331 e. The number of esters is 1. The third-order valence-corrected chi connectivity index (χ3v) is 10.3. The van der Waals surface area contributed by atoms with Crippen molar-refractivity contribution in [1.82, 2.24) is 0 Å². The molecule has 2 aromatic carbocycles. The zero-order valence-electron chi connectivity index (χ0n) is 20.3. The Morgan fingerprint density at radius 1 is 0.969 bits per heavy atom. The second-order valence-electron chi connectivity index (χ2n) is 9.26. The molecular formula is C27H37NO3Si. The average molecular weight is 452 g/mol. The second-order valence-corrected chi connectivity index (χ2v) is 14.1. The van der Waals surface area contributed by atoms with Crippen LogP contribution in [-0.4, -0.2) is 39.3 Å². The van der Waals surface area contributed by atoms with Crippen LogP contribution < -0.4 is 0 Å². The van der Waals surface area contributed by atoms with Crippen LogP contribution >= 0.6 is 0 Å². The van der Waals surface area contributed by atoms with E-state index in [1.165, 1.54) is 0 Å². The molecule has 0 amide bonds. The molecule has 0 aliphatic rings. The Balaban J connectivity index is 2.25. The number of hydrogen-bond acceptors (Lipinski definition) is 4. The fourth-order valence-electron chi connectivity index (χ4n) is 2.87. The largest absolute Gasteiger partial charge is 0.464 e. The maximum atomic E-state index is 12.7. The van der Waals surface area contributed by atoms with E-state index in [1.807, 2.05) is 79.7 Å². The van der Waals surface area contributed by atoms with Gasteiger partial charge in [-0.05, 0) is 31.5 Å². The van der Waals surface area contributed by atoms with Crippen LogP contribution in [0.2, 0.25) is 18.1 Å². The number of rotatable bonds is 10. The normalized spacial score (nSPS) is 13.1. The first-order chi connectivity index (χ1) is 15.2. The lowest BCUT2D eigenvalue weighted by Gasteiger charge is -2.35. The number of benzene rings is 2. The fraction of sp³-hybridized carbons (Fsp3) is 0.407. The van der Waals surface area contributed by atoms with Crippen molar-refractivity contribution in [3.05, 3.63) is 83.9 Å². The van der Waals surface area contributed by atoms with Crippen LogP contribution in [0, 0.1) is 0 Å². The molecule has 2 aromatic rings. The van der Waals surface area contributed by atoms with Gasteiger partial charge in [0.05, 0.1) is 18.9 Å². The van der Waals surface area contributed by atoms with E-state index in [1.54, 1.807) is 0 Å². The number of carbonyl (C=O) groups excluding carboxylic acids is 1. The minimum absolute atomic E-state index is 0.166. The van der Waals surface area contributed by atoms with E-state index in [0.717, 1.165) is 16.8 Å². The molecule has 0 bridgehead atoms. The molecule has 0 aliphatic heterocycles. The van der Waals surface area contributed by atoms with Gasteiger partial charge in [-0.1, -0.05) is 93.6 Å². The monoisotopic (exact) mass is 451 g/mol. The molecule has 0 aliphatic carbocycles. The molecule has 1 unspecified atom stereocenters. The minimum atomic E-state index is -1.80. The molecule has 0 radical (unpaired) electrons. The summed E-state index contributed by atoms with van der Waals surface area (Å²) in [7, 11) is -1.80.